The molecule has 6 nitrogen and oxygen atoms in total. The number of hydrogen-bond acceptors (Lipinski definition) is 4. The molecular weight excluding hydrogens is 220 g/mol. The summed E-state index contributed by atoms with van der Waals surface area (Å²) in [4.78, 5) is 18.6. The lowest BCUT2D eigenvalue weighted by atomic mass is 9.95. The van der Waals surface area contributed by atoms with Gasteiger partial charge in [0, 0.05) is 24.7 Å². The van der Waals surface area contributed by atoms with Crippen LogP contribution in [0.1, 0.15) is 22.6 Å². The Labute approximate surface area is 99.8 Å². The number of nitrogens with one attached hydrogen (secondary N) is 3. The molecule has 0 aliphatic carbocycles. The number of hydrogen-bond donors (Lipinski definition) is 4. The van der Waals surface area contributed by atoms with Gasteiger partial charge in [-0.25, -0.2) is 4.98 Å². The van der Waals surface area contributed by atoms with E-state index < -0.39 is 0 Å². The van der Waals surface area contributed by atoms with Crippen LogP contribution in [0.25, 0.3) is 0 Å². The van der Waals surface area contributed by atoms with Crippen LogP contribution in [0.3, 0.4) is 0 Å². The fourth-order valence-electron chi connectivity index (χ4n) is 2.03. The van der Waals surface area contributed by atoms with E-state index in [0.717, 1.165) is 18.7 Å². The number of imidazole rings is 1. The molecule has 94 valence electrons. The van der Waals surface area contributed by atoms with E-state index in [2.05, 4.69) is 20.6 Å². The Morgan fingerprint density at radius 3 is 3.18 bits per heavy atom. The van der Waals surface area contributed by atoms with Crippen LogP contribution in [0.2, 0.25) is 0 Å². The zero-order valence-electron chi connectivity index (χ0n) is 9.86. The topological polar surface area (TPSA) is 90.0 Å². The minimum absolute atomic E-state index is 0.124. The number of aliphatic hydroxyl groups is 1. The fraction of sp³-hybridized carbons (Fsp3) is 0.636. The van der Waals surface area contributed by atoms with E-state index in [1.807, 2.05) is 0 Å². The average Bonchev–Trinajstić information content (AvgIpc) is 2.74. The van der Waals surface area contributed by atoms with Gasteiger partial charge in [0.15, 0.2) is 0 Å². The first-order chi connectivity index (χ1) is 8.18. The van der Waals surface area contributed by atoms with Crippen LogP contribution in [-0.4, -0.2) is 46.7 Å². The lowest BCUT2D eigenvalue weighted by Crippen LogP contribution is -2.45. The first-order valence-electron chi connectivity index (χ1n) is 5.85. The van der Waals surface area contributed by atoms with Crippen LogP contribution in [0.4, 0.5) is 0 Å². The number of piperidine rings is 1. The molecule has 1 amide bonds. The van der Waals surface area contributed by atoms with Crippen molar-refractivity contribution in [3.63, 3.8) is 0 Å². The van der Waals surface area contributed by atoms with Crippen molar-refractivity contribution in [3.05, 3.63) is 17.7 Å². The van der Waals surface area contributed by atoms with Gasteiger partial charge in [-0.05, 0) is 19.9 Å². The third-order valence-electron chi connectivity index (χ3n) is 3.16. The molecule has 1 aromatic rings. The van der Waals surface area contributed by atoms with Crippen LogP contribution >= 0.6 is 0 Å². The predicted molar refractivity (Wildman–Crippen MR) is 62.6 cm³/mol. The zero-order valence-corrected chi connectivity index (χ0v) is 9.86. The van der Waals surface area contributed by atoms with E-state index in [4.69, 9.17) is 0 Å². The number of aryl methyl sites for hydroxylation is 1. The normalized spacial score (nSPS) is 24.6. The maximum absolute atomic E-state index is 11.8. The molecule has 4 N–H and O–H groups in total. The van der Waals surface area contributed by atoms with E-state index in [0.29, 0.717) is 18.8 Å². The maximum atomic E-state index is 11.8. The van der Waals surface area contributed by atoms with E-state index in [1.165, 1.54) is 6.33 Å². The molecule has 17 heavy (non-hydrogen) atoms. The number of aromatic nitrogens is 2. The molecule has 2 heterocycles. The van der Waals surface area contributed by atoms with Crippen molar-refractivity contribution in [2.24, 2.45) is 5.92 Å². The van der Waals surface area contributed by atoms with Crippen molar-refractivity contribution in [3.8, 4) is 0 Å². The number of aliphatic hydroxyl groups excluding tert-OH is 1. The number of carbonyl (C=O) groups excluding carboxylic acids is 1. The van der Waals surface area contributed by atoms with Crippen molar-refractivity contribution in [2.75, 3.05) is 19.6 Å². The third-order valence-corrected chi connectivity index (χ3v) is 3.16. The van der Waals surface area contributed by atoms with E-state index >= 15 is 0 Å². The van der Waals surface area contributed by atoms with Crippen LogP contribution in [-0.2, 0) is 0 Å². The number of rotatable bonds is 3. The summed E-state index contributed by atoms with van der Waals surface area (Å²) in [5.41, 5.74) is 1.18. The van der Waals surface area contributed by atoms with Crippen LogP contribution < -0.4 is 10.6 Å². The molecule has 1 aromatic heterocycles. The quantitative estimate of drug-likeness (QED) is 0.567. The molecule has 0 radical (unpaired) electrons. The van der Waals surface area contributed by atoms with Gasteiger partial charge >= 0.3 is 0 Å². The minimum Gasteiger partial charge on any atom is -0.391 e. The van der Waals surface area contributed by atoms with Gasteiger partial charge in [0.1, 0.15) is 5.69 Å². The van der Waals surface area contributed by atoms with Crippen molar-refractivity contribution in [2.45, 2.75) is 19.4 Å². The summed E-state index contributed by atoms with van der Waals surface area (Å²) in [6.07, 6.45) is 1.99. The minimum atomic E-state index is -0.385. The highest BCUT2D eigenvalue weighted by Crippen LogP contribution is 2.11. The number of carbonyl (C=O) groups is 1. The molecule has 6 heteroatoms. The largest absolute Gasteiger partial charge is 0.391 e. The van der Waals surface area contributed by atoms with Crippen LogP contribution in [0, 0.1) is 12.8 Å². The molecule has 2 atom stereocenters. The Hall–Kier alpha value is -1.40. The predicted octanol–water partition coefficient (Wildman–Crippen LogP) is -0.582. The summed E-state index contributed by atoms with van der Waals surface area (Å²) in [7, 11) is 0. The highest BCUT2D eigenvalue weighted by atomic mass is 16.3. The number of β-amino-alcohol motifs (C(OH)–C–C–N with tert-alkyl or cyclic N) is 1. The Balaban J connectivity index is 1.86. The Kier molecular flexibility index (Phi) is 3.75. The summed E-state index contributed by atoms with van der Waals surface area (Å²) in [6, 6.07) is 0. The number of amides is 1. The van der Waals surface area contributed by atoms with Crippen molar-refractivity contribution < 1.29 is 9.90 Å². The molecule has 2 rings (SSSR count). The molecule has 0 aromatic carbocycles. The number of nitrogens with zero attached hydrogens (tertiary/aromatic N) is 1. The van der Waals surface area contributed by atoms with E-state index in [1.54, 1.807) is 6.92 Å². The summed E-state index contributed by atoms with van der Waals surface area (Å²) in [5, 5.41) is 15.7. The third kappa shape index (κ3) is 2.83. The highest BCUT2D eigenvalue weighted by Gasteiger charge is 2.23. The fourth-order valence-corrected chi connectivity index (χ4v) is 2.03. The molecule has 1 fully saturated rings. The Bertz CT molecular complexity index is 391. The van der Waals surface area contributed by atoms with Gasteiger partial charge in [0.05, 0.1) is 12.4 Å². The van der Waals surface area contributed by atoms with E-state index in [-0.39, 0.29) is 17.9 Å². The smallest absolute Gasteiger partial charge is 0.271 e. The molecule has 0 spiro atoms. The average molecular weight is 238 g/mol. The van der Waals surface area contributed by atoms with Crippen LogP contribution in [0.15, 0.2) is 6.33 Å². The van der Waals surface area contributed by atoms with Crippen molar-refractivity contribution in [1.29, 1.82) is 0 Å². The second-order valence-corrected chi connectivity index (χ2v) is 4.41. The summed E-state index contributed by atoms with van der Waals surface area (Å²) < 4.78 is 0. The Morgan fingerprint density at radius 2 is 2.53 bits per heavy atom. The lowest BCUT2D eigenvalue weighted by molar-refractivity contribution is 0.0751. The highest BCUT2D eigenvalue weighted by molar-refractivity contribution is 5.93. The molecule has 0 saturated carbocycles. The summed E-state index contributed by atoms with van der Waals surface area (Å²) >= 11 is 0. The Morgan fingerprint density at radius 1 is 1.71 bits per heavy atom. The second kappa shape index (κ2) is 5.29. The SMILES string of the molecule is Cc1[nH]cnc1C(=O)NC[C@@H]1CCNC[C@H]1O. The van der Waals surface area contributed by atoms with Gasteiger partial charge in [-0.15, -0.1) is 0 Å². The first-order valence-corrected chi connectivity index (χ1v) is 5.85. The lowest BCUT2D eigenvalue weighted by Gasteiger charge is -2.28. The molecule has 0 unspecified atom stereocenters. The molecule has 1 aliphatic rings. The summed E-state index contributed by atoms with van der Waals surface area (Å²) in [5.74, 6) is -0.0612. The van der Waals surface area contributed by atoms with Gasteiger partial charge in [-0.2, -0.15) is 0 Å². The van der Waals surface area contributed by atoms with Gasteiger partial charge in [-0.1, -0.05) is 0 Å². The van der Waals surface area contributed by atoms with Gasteiger partial charge in [0.2, 0.25) is 0 Å². The number of aromatic amines is 1. The maximum Gasteiger partial charge on any atom is 0.271 e. The molecule has 1 aliphatic heterocycles. The van der Waals surface area contributed by atoms with Gasteiger partial charge in [0.25, 0.3) is 5.91 Å². The van der Waals surface area contributed by atoms with Crippen molar-refractivity contribution >= 4 is 5.91 Å². The second-order valence-electron chi connectivity index (χ2n) is 4.41. The van der Waals surface area contributed by atoms with Crippen molar-refractivity contribution in [1.82, 2.24) is 20.6 Å². The zero-order chi connectivity index (χ0) is 12.3. The molecule has 1 saturated heterocycles. The first kappa shape index (κ1) is 12.1. The monoisotopic (exact) mass is 238 g/mol. The standard InChI is InChI=1S/C11H18N4O2/c1-7-10(15-6-14-7)11(17)13-4-8-2-3-12-5-9(8)16/h6,8-9,12,16H,2-5H2,1H3,(H,13,17)(H,14,15)/t8-,9+/m0/s1. The molecule has 0 bridgehead atoms. The molecular formula is C11H18N4O2. The number of H-pyrrole nitrogens is 1. The van der Waals surface area contributed by atoms with Gasteiger partial charge < -0.3 is 20.7 Å². The summed E-state index contributed by atoms with van der Waals surface area (Å²) in [6.45, 7) is 3.79. The van der Waals surface area contributed by atoms with Crippen LogP contribution in [0.5, 0.6) is 0 Å². The van der Waals surface area contributed by atoms with Gasteiger partial charge in [-0.3, -0.25) is 4.79 Å². The van der Waals surface area contributed by atoms with E-state index in [9.17, 15) is 9.90 Å².